The van der Waals surface area contributed by atoms with Crippen molar-refractivity contribution in [3.8, 4) is 0 Å². The Hall–Kier alpha value is -0.0800. The lowest BCUT2D eigenvalue weighted by atomic mass is 9.74. The molecular weight excluding hydrogens is 138 g/mol. The SMILES string of the molecule is COCC1CC2CC(C1)N2C. The third kappa shape index (κ3) is 1.18. The summed E-state index contributed by atoms with van der Waals surface area (Å²) in [6.45, 7) is 0.973. The minimum absolute atomic E-state index is 0.847. The maximum Gasteiger partial charge on any atom is 0.0491 e. The van der Waals surface area contributed by atoms with E-state index in [-0.39, 0.29) is 0 Å². The van der Waals surface area contributed by atoms with Gasteiger partial charge in [-0.25, -0.2) is 0 Å². The monoisotopic (exact) mass is 155 g/mol. The van der Waals surface area contributed by atoms with Crippen molar-refractivity contribution < 1.29 is 4.74 Å². The summed E-state index contributed by atoms with van der Waals surface area (Å²) in [6.07, 6.45) is 4.17. The van der Waals surface area contributed by atoms with Crippen LogP contribution < -0.4 is 0 Å². The van der Waals surface area contributed by atoms with Gasteiger partial charge in [0.15, 0.2) is 0 Å². The van der Waals surface area contributed by atoms with Crippen molar-refractivity contribution in [2.75, 3.05) is 20.8 Å². The summed E-state index contributed by atoms with van der Waals surface area (Å²) in [7, 11) is 4.06. The second-order valence-corrected chi connectivity index (χ2v) is 4.00. The van der Waals surface area contributed by atoms with Crippen LogP contribution in [0.25, 0.3) is 0 Å². The zero-order chi connectivity index (χ0) is 7.84. The summed E-state index contributed by atoms with van der Waals surface area (Å²) in [4.78, 5) is 2.52. The minimum Gasteiger partial charge on any atom is -0.384 e. The molecule has 0 aromatic rings. The lowest BCUT2D eigenvalue weighted by Crippen LogP contribution is -2.59. The lowest BCUT2D eigenvalue weighted by molar-refractivity contribution is -0.0469. The first kappa shape index (κ1) is 7.56. The van der Waals surface area contributed by atoms with E-state index in [1.165, 1.54) is 19.3 Å². The summed E-state index contributed by atoms with van der Waals surface area (Å²) in [5, 5.41) is 0. The van der Waals surface area contributed by atoms with Gasteiger partial charge < -0.3 is 9.64 Å². The average Bonchev–Trinajstić information content (AvgIpc) is 2.05. The van der Waals surface area contributed by atoms with E-state index in [1.807, 2.05) is 7.11 Å². The van der Waals surface area contributed by atoms with Gasteiger partial charge in [0.25, 0.3) is 0 Å². The Labute approximate surface area is 68.5 Å². The molecule has 2 bridgehead atoms. The van der Waals surface area contributed by atoms with Crippen molar-refractivity contribution >= 4 is 0 Å². The normalized spacial score (nSPS) is 43.6. The zero-order valence-electron chi connectivity index (χ0n) is 7.42. The molecule has 11 heavy (non-hydrogen) atoms. The Morgan fingerprint density at radius 3 is 2.36 bits per heavy atom. The van der Waals surface area contributed by atoms with Gasteiger partial charge in [-0.05, 0) is 32.2 Å². The Balaban J connectivity index is 1.84. The summed E-state index contributed by atoms with van der Waals surface area (Å²) in [5.41, 5.74) is 0. The second-order valence-electron chi connectivity index (χ2n) is 4.00. The van der Waals surface area contributed by atoms with Crippen molar-refractivity contribution in [1.29, 1.82) is 0 Å². The molecule has 2 unspecified atom stereocenters. The molecule has 2 saturated heterocycles. The highest BCUT2D eigenvalue weighted by Crippen LogP contribution is 2.39. The predicted octanol–water partition coefficient (Wildman–Crippen LogP) is 1.12. The molecule has 2 atom stereocenters. The molecule has 3 rings (SSSR count). The largest absolute Gasteiger partial charge is 0.384 e. The number of hydrogen-bond acceptors (Lipinski definition) is 2. The van der Waals surface area contributed by atoms with Gasteiger partial charge in [-0.15, -0.1) is 0 Å². The molecule has 2 heterocycles. The average molecular weight is 155 g/mol. The summed E-state index contributed by atoms with van der Waals surface area (Å²) in [6, 6.07) is 1.77. The molecule has 2 heteroatoms. The number of nitrogens with zero attached hydrogens (tertiary/aromatic N) is 1. The van der Waals surface area contributed by atoms with Crippen LogP contribution >= 0.6 is 0 Å². The van der Waals surface area contributed by atoms with Crippen molar-refractivity contribution in [2.24, 2.45) is 5.92 Å². The highest BCUT2D eigenvalue weighted by Gasteiger charge is 2.42. The Kier molecular flexibility index (Phi) is 1.90. The first-order valence-corrected chi connectivity index (χ1v) is 4.52. The van der Waals surface area contributed by atoms with Crippen molar-refractivity contribution in [1.82, 2.24) is 4.90 Å². The van der Waals surface area contributed by atoms with E-state index in [1.54, 1.807) is 0 Å². The third-order valence-corrected chi connectivity index (χ3v) is 3.31. The van der Waals surface area contributed by atoms with Crippen LogP contribution in [0.4, 0.5) is 0 Å². The predicted molar refractivity (Wildman–Crippen MR) is 44.6 cm³/mol. The van der Waals surface area contributed by atoms with E-state index in [0.29, 0.717) is 0 Å². The molecule has 0 aromatic carbocycles. The van der Waals surface area contributed by atoms with Crippen molar-refractivity contribution in [3.63, 3.8) is 0 Å². The number of methoxy groups -OCH3 is 1. The van der Waals surface area contributed by atoms with Gasteiger partial charge in [-0.3, -0.25) is 0 Å². The van der Waals surface area contributed by atoms with Gasteiger partial charge in [0, 0.05) is 25.8 Å². The quantitative estimate of drug-likeness (QED) is 0.592. The van der Waals surface area contributed by atoms with Crippen molar-refractivity contribution in [3.05, 3.63) is 0 Å². The van der Waals surface area contributed by atoms with Gasteiger partial charge in [-0.2, -0.15) is 0 Å². The molecular formula is C9H17NO. The highest BCUT2D eigenvalue weighted by molar-refractivity contribution is 4.97. The molecule has 2 aliphatic heterocycles. The van der Waals surface area contributed by atoms with Gasteiger partial charge >= 0.3 is 0 Å². The van der Waals surface area contributed by atoms with E-state index >= 15 is 0 Å². The van der Waals surface area contributed by atoms with Crippen LogP contribution in [0.1, 0.15) is 19.3 Å². The third-order valence-electron chi connectivity index (χ3n) is 3.31. The molecule has 0 aromatic heterocycles. The molecule has 3 aliphatic rings. The van der Waals surface area contributed by atoms with E-state index in [9.17, 15) is 0 Å². The summed E-state index contributed by atoms with van der Waals surface area (Å²) >= 11 is 0. The zero-order valence-corrected chi connectivity index (χ0v) is 7.42. The van der Waals surface area contributed by atoms with Crippen LogP contribution in [-0.2, 0) is 4.74 Å². The fourth-order valence-corrected chi connectivity index (χ4v) is 2.57. The molecule has 1 saturated carbocycles. The van der Waals surface area contributed by atoms with Crippen LogP contribution in [0.15, 0.2) is 0 Å². The Morgan fingerprint density at radius 2 is 1.91 bits per heavy atom. The van der Waals surface area contributed by atoms with Gasteiger partial charge in [0.2, 0.25) is 0 Å². The molecule has 0 N–H and O–H groups in total. The second kappa shape index (κ2) is 2.76. The fourth-order valence-electron chi connectivity index (χ4n) is 2.57. The summed E-state index contributed by atoms with van der Waals surface area (Å²) in [5.74, 6) is 0.847. The first-order chi connectivity index (χ1) is 5.31. The van der Waals surface area contributed by atoms with Crippen LogP contribution in [0.3, 0.4) is 0 Å². The standard InChI is InChI=1S/C9H17NO/c1-10-8-3-7(6-11-2)4-9(10)5-8/h7-9H,3-6H2,1-2H3. The van der Waals surface area contributed by atoms with Crippen LogP contribution in [0.2, 0.25) is 0 Å². The number of ether oxygens (including phenoxy) is 1. The van der Waals surface area contributed by atoms with Crippen LogP contribution in [0, 0.1) is 5.92 Å². The Morgan fingerprint density at radius 1 is 1.27 bits per heavy atom. The maximum atomic E-state index is 5.17. The topological polar surface area (TPSA) is 12.5 Å². The van der Waals surface area contributed by atoms with Gasteiger partial charge in [0.05, 0.1) is 0 Å². The smallest absolute Gasteiger partial charge is 0.0491 e. The fraction of sp³-hybridized carbons (Fsp3) is 1.00. The van der Waals surface area contributed by atoms with E-state index in [4.69, 9.17) is 4.74 Å². The molecule has 0 amide bonds. The van der Waals surface area contributed by atoms with E-state index < -0.39 is 0 Å². The lowest BCUT2D eigenvalue weighted by Gasteiger charge is -2.53. The number of hydrogen-bond donors (Lipinski definition) is 0. The molecule has 0 spiro atoms. The molecule has 1 aliphatic carbocycles. The number of fused-ring (bicyclic) bond motifs is 2. The molecule has 0 radical (unpaired) electrons. The Bertz CT molecular complexity index is 136. The first-order valence-electron chi connectivity index (χ1n) is 4.52. The number of piperidine rings is 1. The molecule has 2 nitrogen and oxygen atoms in total. The van der Waals surface area contributed by atoms with Gasteiger partial charge in [0.1, 0.15) is 0 Å². The van der Waals surface area contributed by atoms with E-state index in [0.717, 1.165) is 24.6 Å². The summed E-state index contributed by atoms with van der Waals surface area (Å²) < 4.78 is 5.17. The highest BCUT2D eigenvalue weighted by atomic mass is 16.5. The maximum absolute atomic E-state index is 5.17. The van der Waals surface area contributed by atoms with Gasteiger partial charge in [-0.1, -0.05) is 0 Å². The van der Waals surface area contributed by atoms with Crippen molar-refractivity contribution in [2.45, 2.75) is 31.3 Å². The number of rotatable bonds is 2. The van der Waals surface area contributed by atoms with E-state index in [2.05, 4.69) is 11.9 Å². The molecule has 3 fully saturated rings. The minimum atomic E-state index is 0.847. The molecule has 64 valence electrons. The van der Waals surface area contributed by atoms with Crippen LogP contribution in [0.5, 0.6) is 0 Å². The van der Waals surface area contributed by atoms with Crippen LogP contribution in [-0.4, -0.2) is 37.7 Å².